The molecule has 1 aromatic heterocycles. The van der Waals surface area contributed by atoms with Crippen LogP contribution in [-0.4, -0.2) is 18.3 Å². The summed E-state index contributed by atoms with van der Waals surface area (Å²) in [4.78, 5) is 4.57. The molecule has 25 heavy (non-hydrogen) atoms. The Kier molecular flexibility index (Phi) is 3.85. The van der Waals surface area contributed by atoms with Crippen LogP contribution in [0.25, 0.3) is 22.4 Å². The first kappa shape index (κ1) is 14.3. The third-order valence-corrected chi connectivity index (χ3v) is 8.78. The van der Waals surface area contributed by atoms with Crippen LogP contribution in [0.5, 0.6) is 0 Å². The number of aromatic nitrogens is 1. The number of hydrogen-bond donors (Lipinski definition) is 0. The third kappa shape index (κ3) is 3.69. The number of hydrogen-bond acceptors (Lipinski definition) is 1. The topological polar surface area (TPSA) is 12.9 Å². The van der Waals surface area contributed by atoms with Crippen molar-refractivity contribution in [2.45, 2.75) is 31.0 Å². The fourth-order valence-corrected chi connectivity index (χ4v) is 7.53. The van der Waals surface area contributed by atoms with Gasteiger partial charge in [-0.05, 0) is 0 Å². The van der Waals surface area contributed by atoms with Gasteiger partial charge in [0, 0.05) is 0 Å². The summed E-state index contributed by atoms with van der Waals surface area (Å²) in [6, 6.07) is 16.1. The molecule has 0 aliphatic heterocycles. The van der Waals surface area contributed by atoms with Gasteiger partial charge in [-0.1, -0.05) is 0 Å². The zero-order valence-corrected chi connectivity index (χ0v) is 17.1. The Labute approximate surface area is 156 Å². The van der Waals surface area contributed by atoms with Gasteiger partial charge in [-0.2, -0.15) is 0 Å². The summed E-state index contributed by atoms with van der Waals surface area (Å²) < 4.78 is 39.4. The van der Waals surface area contributed by atoms with E-state index < -0.39 is 20.1 Å². The van der Waals surface area contributed by atoms with E-state index in [9.17, 15) is 4.39 Å². The van der Waals surface area contributed by atoms with Gasteiger partial charge in [-0.15, -0.1) is 0 Å². The van der Waals surface area contributed by atoms with E-state index in [4.69, 9.17) is 4.11 Å². The molecule has 0 bridgehead atoms. The van der Waals surface area contributed by atoms with Crippen molar-refractivity contribution in [3.05, 3.63) is 71.7 Å². The molecule has 0 N–H and O–H groups in total. The summed E-state index contributed by atoms with van der Waals surface area (Å²) in [6.45, 7) is -0.329. The fourth-order valence-electron chi connectivity index (χ4n) is 3.29. The summed E-state index contributed by atoms with van der Waals surface area (Å²) in [5, 5.41) is 0. The van der Waals surface area contributed by atoms with E-state index in [1.54, 1.807) is 12.1 Å². The van der Waals surface area contributed by atoms with Gasteiger partial charge >= 0.3 is 156 Å². The monoisotopic (exact) mass is 398 g/mol. The maximum atomic E-state index is 14.4. The molecular formula is C22H24FGeN. The third-order valence-electron chi connectivity index (χ3n) is 4.31. The van der Waals surface area contributed by atoms with Crippen LogP contribution in [0, 0.1) is 19.6 Å². The Balaban J connectivity index is 2.22. The SMILES string of the molecule is [2H]C([2H])([2H])c1nc(-c2ccc(F)c(-c3ccccc3)c2)cc(C)[c]1[Ge]([CH3])([CH3])[CH3]. The van der Waals surface area contributed by atoms with Gasteiger partial charge in [0.2, 0.25) is 0 Å². The number of benzene rings is 2. The van der Waals surface area contributed by atoms with E-state index in [2.05, 4.69) is 22.3 Å². The van der Waals surface area contributed by atoms with Crippen LogP contribution in [0.15, 0.2) is 54.6 Å². The van der Waals surface area contributed by atoms with Crippen LogP contribution in [0.1, 0.15) is 15.4 Å². The second-order valence-electron chi connectivity index (χ2n) is 7.36. The molecule has 3 rings (SSSR count). The van der Waals surface area contributed by atoms with Crippen LogP contribution in [0.2, 0.25) is 17.3 Å². The molecule has 0 saturated carbocycles. The van der Waals surface area contributed by atoms with Crippen molar-refractivity contribution >= 4 is 17.7 Å². The number of halogens is 1. The second-order valence-corrected chi connectivity index (χ2v) is 17.8. The Morgan fingerprint density at radius 3 is 2.32 bits per heavy atom. The molecule has 0 atom stereocenters. The molecule has 3 heteroatoms. The summed E-state index contributed by atoms with van der Waals surface area (Å²) in [5.74, 6) is 6.20. The van der Waals surface area contributed by atoms with Gasteiger partial charge in [0.25, 0.3) is 0 Å². The molecule has 0 aliphatic carbocycles. The van der Waals surface area contributed by atoms with E-state index >= 15 is 0 Å². The molecule has 1 heterocycles. The number of pyridine rings is 1. The van der Waals surface area contributed by atoms with Gasteiger partial charge in [0.05, 0.1) is 0 Å². The molecule has 0 radical (unpaired) electrons. The van der Waals surface area contributed by atoms with Crippen molar-refractivity contribution in [1.82, 2.24) is 4.98 Å². The molecule has 3 aromatic rings. The van der Waals surface area contributed by atoms with Crippen molar-refractivity contribution in [2.24, 2.45) is 0 Å². The van der Waals surface area contributed by atoms with E-state index in [1.165, 1.54) is 6.07 Å². The van der Waals surface area contributed by atoms with Gasteiger partial charge in [-0.3, -0.25) is 0 Å². The minimum absolute atomic E-state index is 0.195. The molecule has 0 unspecified atom stereocenters. The molecule has 0 aliphatic rings. The molecule has 0 spiro atoms. The van der Waals surface area contributed by atoms with E-state index in [1.807, 2.05) is 43.3 Å². The van der Waals surface area contributed by atoms with Gasteiger partial charge in [0.1, 0.15) is 0 Å². The van der Waals surface area contributed by atoms with E-state index in [0.717, 1.165) is 15.5 Å². The van der Waals surface area contributed by atoms with Crippen LogP contribution >= 0.6 is 0 Å². The summed E-state index contributed by atoms with van der Waals surface area (Å²) in [6.07, 6.45) is 0. The molecule has 0 fully saturated rings. The van der Waals surface area contributed by atoms with Gasteiger partial charge in [-0.25, -0.2) is 0 Å². The van der Waals surface area contributed by atoms with Crippen molar-refractivity contribution in [2.75, 3.05) is 0 Å². The van der Waals surface area contributed by atoms with Gasteiger partial charge in [0.15, 0.2) is 0 Å². The number of nitrogens with zero attached hydrogens (tertiary/aromatic N) is 1. The summed E-state index contributed by atoms with van der Waals surface area (Å²) >= 11 is -2.46. The van der Waals surface area contributed by atoms with Crippen molar-refractivity contribution in [1.29, 1.82) is 0 Å². The first-order valence-corrected chi connectivity index (χ1v) is 15.7. The number of rotatable bonds is 3. The predicted octanol–water partition coefficient (Wildman–Crippen LogP) is 5.72. The molecule has 0 amide bonds. The molecule has 1 nitrogen and oxygen atoms in total. The minimum atomic E-state index is -2.46. The fraction of sp³-hybridized carbons (Fsp3) is 0.227. The zero-order valence-electron chi connectivity index (χ0n) is 18.0. The maximum absolute atomic E-state index is 14.4. The van der Waals surface area contributed by atoms with Gasteiger partial charge < -0.3 is 0 Å². The Bertz CT molecular complexity index is 1010. The standard InChI is InChI=1S/C22H24FGeN/c1-15-13-21(25-16(2)22(15)24(3,4)5)18-11-12-20(23)19(14-18)17-9-7-6-8-10-17/h6-14H,1-5H3/i2D3. The van der Waals surface area contributed by atoms with Crippen LogP contribution in [0.4, 0.5) is 4.39 Å². The van der Waals surface area contributed by atoms with Crippen molar-refractivity contribution in [3.8, 4) is 22.4 Å². The van der Waals surface area contributed by atoms with E-state index in [0.29, 0.717) is 16.8 Å². The molecule has 2 aromatic carbocycles. The first-order chi connectivity index (χ1) is 13.0. The Morgan fingerprint density at radius 1 is 0.960 bits per heavy atom. The predicted molar refractivity (Wildman–Crippen MR) is 108 cm³/mol. The summed E-state index contributed by atoms with van der Waals surface area (Å²) in [5.41, 5.74) is 3.68. The average Bonchev–Trinajstić information content (AvgIpc) is 2.60. The van der Waals surface area contributed by atoms with Crippen LogP contribution < -0.4 is 4.40 Å². The Hall–Kier alpha value is -1.94. The number of aryl methyl sites for hydroxylation is 2. The van der Waals surface area contributed by atoms with Crippen LogP contribution in [0.3, 0.4) is 0 Å². The van der Waals surface area contributed by atoms with Crippen LogP contribution in [-0.2, 0) is 0 Å². The first-order valence-electron chi connectivity index (χ1n) is 9.86. The average molecular weight is 397 g/mol. The molecule has 128 valence electrons. The Morgan fingerprint density at radius 2 is 1.68 bits per heavy atom. The van der Waals surface area contributed by atoms with E-state index in [-0.39, 0.29) is 11.5 Å². The quantitative estimate of drug-likeness (QED) is 0.516. The summed E-state index contributed by atoms with van der Waals surface area (Å²) in [7, 11) is 0. The normalized spacial score (nSPS) is 13.9. The van der Waals surface area contributed by atoms with Crippen molar-refractivity contribution in [3.63, 3.8) is 0 Å². The van der Waals surface area contributed by atoms with Crippen molar-refractivity contribution < 1.29 is 8.50 Å². The molecular weight excluding hydrogens is 370 g/mol. The zero-order chi connectivity index (χ0) is 20.7. The molecule has 0 saturated heterocycles. The second kappa shape index (κ2) is 6.76.